The van der Waals surface area contributed by atoms with Crippen LogP contribution in [0.25, 0.3) is 0 Å². The summed E-state index contributed by atoms with van der Waals surface area (Å²) < 4.78 is 0. The molecule has 0 unspecified atom stereocenters. The second-order valence-electron chi connectivity index (χ2n) is 4.19. The van der Waals surface area contributed by atoms with E-state index in [1.165, 1.54) is 0 Å². The monoisotopic (exact) mass is 219 g/mol. The molecule has 2 heterocycles. The topological polar surface area (TPSA) is 45.2 Å². The van der Waals surface area contributed by atoms with Crippen LogP contribution in [0.1, 0.15) is 12.6 Å². The van der Waals surface area contributed by atoms with E-state index in [-0.39, 0.29) is 5.91 Å². The van der Waals surface area contributed by atoms with Crippen LogP contribution in [0.2, 0.25) is 0 Å². The molecule has 1 aliphatic heterocycles. The van der Waals surface area contributed by atoms with Gasteiger partial charge in [0.25, 0.3) is 0 Å². The van der Waals surface area contributed by atoms with Crippen molar-refractivity contribution in [3.63, 3.8) is 0 Å². The molecule has 0 aliphatic carbocycles. The summed E-state index contributed by atoms with van der Waals surface area (Å²) >= 11 is 0. The SMILES string of the molecule is C[C@@H]1CN(C(=O)Cc2ccccn2)CCN1. The van der Waals surface area contributed by atoms with Gasteiger partial charge in [-0.2, -0.15) is 0 Å². The van der Waals surface area contributed by atoms with Gasteiger partial charge in [-0.1, -0.05) is 6.07 Å². The Balaban J connectivity index is 1.93. The summed E-state index contributed by atoms with van der Waals surface area (Å²) in [6.45, 7) is 4.58. The third-order valence-electron chi connectivity index (χ3n) is 2.78. The van der Waals surface area contributed by atoms with Crippen molar-refractivity contribution < 1.29 is 4.79 Å². The van der Waals surface area contributed by atoms with Crippen molar-refractivity contribution in [1.82, 2.24) is 15.2 Å². The molecule has 16 heavy (non-hydrogen) atoms. The van der Waals surface area contributed by atoms with Crippen molar-refractivity contribution in [3.05, 3.63) is 30.1 Å². The Labute approximate surface area is 95.7 Å². The average molecular weight is 219 g/mol. The van der Waals surface area contributed by atoms with Crippen LogP contribution in [0.5, 0.6) is 0 Å². The van der Waals surface area contributed by atoms with Crippen LogP contribution in [0.15, 0.2) is 24.4 Å². The van der Waals surface area contributed by atoms with Crippen molar-refractivity contribution in [2.45, 2.75) is 19.4 Å². The molecule has 1 amide bonds. The molecule has 1 aromatic heterocycles. The second kappa shape index (κ2) is 5.07. The number of piperazine rings is 1. The van der Waals surface area contributed by atoms with Crippen molar-refractivity contribution in [2.75, 3.05) is 19.6 Å². The van der Waals surface area contributed by atoms with Crippen LogP contribution in [0.4, 0.5) is 0 Å². The molecule has 86 valence electrons. The molecular weight excluding hydrogens is 202 g/mol. The van der Waals surface area contributed by atoms with Gasteiger partial charge in [0, 0.05) is 37.6 Å². The van der Waals surface area contributed by atoms with Gasteiger partial charge < -0.3 is 10.2 Å². The third kappa shape index (κ3) is 2.79. The zero-order chi connectivity index (χ0) is 11.4. The predicted molar refractivity (Wildman–Crippen MR) is 62.0 cm³/mol. The molecule has 1 N–H and O–H groups in total. The molecule has 1 saturated heterocycles. The number of amides is 1. The van der Waals surface area contributed by atoms with Gasteiger partial charge in [-0.25, -0.2) is 0 Å². The third-order valence-corrected chi connectivity index (χ3v) is 2.78. The summed E-state index contributed by atoms with van der Waals surface area (Å²) in [6.07, 6.45) is 2.14. The largest absolute Gasteiger partial charge is 0.340 e. The number of hydrogen-bond acceptors (Lipinski definition) is 3. The Morgan fingerprint density at radius 1 is 1.62 bits per heavy atom. The van der Waals surface area contributed by atoms with Crippen LogP contribution in [0.3, 0.4) is 0 Å². The van der Waals surface area contributed by atoms with Crippen molar-refractivity contribution >= 4 is 5.91 Å². The lowest BCUT2D eigenvalue weighted by Crippen LogP contribution is -2.51. The highest BCUT2D eigenvalue weighted by molar-refractivity contribution is 5.78. The Morgan fingerprint density at radius 3 is 3.19 bits per heavy atom. The lowest BCUT2D eigenvalue weighted by molar-refractivity contribution is -0.131. The Kier molecular flexibility index (Phi) is 3.51. The molecule has 4 heteroatoms. The highest BCUT2D eigenvalue weighted by Crippen LogP contribution is 2.03. The van der Waals surface area contributed by atoms with Crippen molar-refractivity contribution in [3.8, 4) is 0 Å². The fourth-order valence-corrected chi connectivity index (χ4v) is 1.93. The highest BCUT2D eigenvalue weighted by atomic mass is 16.2. The summed E-state index contributed by atoms with van der Waals surface area (Å²) in [5.41, 5.74) is 0.846. The molecule has 1 atom stereocenters. The zero-order valence-corrected chi connectivity index (χ0v) is 9.52. The number of nitrogens with zero attached hydrogens (tertiary/aromatic N) is 2. The number of hydrogen-bond donors (Lipinski definition) is 1. The summed E-state index contributed by atoms with van der Waals surface area (Å²) in [7, 11) is 0. The van der Waals surface area contributed by atoms with Gasteiger partial charge in [-0.05, 0) is 19.1 Å². The first-order valence-electron chi connectivity index (χ1n) is 5.67. The van der Waals surface area contributed by atoms with E-state index in [9.17, 15) is 4.79 Å². The highest BCUT2D eigenvalue weighted by Gasteiger charge is 2.20. The first-order valence-corrected chi connectivity index (χ1v) is 5.67. The minimum absolute atomic E-state index is 0.173. The van der Waals surface area contributed by atoms with Crippen LogP contribution < -0.4 is 5.32 Å². The zero-order valence-electron chi connectivity index (χ0n) is 9.52. The van der Waals surface area contributed by atoms with E-state index >= 15 is 0 Å². The molecule has 1 aliphatic rings. The van der Waals surface area contributed by atoms with Gasteiger partial charge in [-0.15, -0.1) is 0 Å². The summed E-state index contributed by atoms with van der Waals surface area (Å²) in [5, 5.41) is 3.32. The Morgan fingerprint density at radius 2 is 2.50 bits per heavy atom. The Bertz CT molecular complexity index is 353. The van der Waals surface area contributed by atoms with Gasteiger partial charge in [0.05, 0.1) is 6.42 Å². The first-order chi connectivity index (χ1) is 7.75. The molecule has 1 fully saturated rings. The van der Waals surface area contributed by atoms with Gasteiger partial charge in [0.15, 0.2) is 0 Å². The normalized spacial score (nSPS) is 20.8. The van der Waals surface area contributed by atoms with E-state index in [1.54, 1.807) is 6.20 Å². The van der Waals surface area contributed by atoms with E-state index in [4.69, 9.17) is 0 Å². The molecule has 4 nitrogen and oxygen atoms in total. The van der Waals surface area contributed by atoms with Gasteiger partial charge in [0.1, 0.15) is 0 Å². The molecule has 2 rings (SSSR count). The maximum absolute atomic E-state index is 12.0. The summed E-state index contributed by atoms with van der Waals surface area (Å²) in [4.78, 5) is 18.1. The summed E-state index contributed by atoms with van der Waals surface area (Å²) in [5.74, 6) is 0.173. The van der Waals surface area contributed by atoms with Gasteiger partial charge >= 0.3 is 0 Å². The minimum atomic E-state index is 0.173. The minimum Gasteiger partial charge on any atom is -0.340 e. The van der Waals surface area contributed by atoms with Gasteiger partial charge in [0.2, 0.25) is 5.91 Å². The Hall–Kier alpha value is -1.42. The number of aromatic nitrogens is 1. The fourth-order valence-electron chi connectivity index (χ4n) is 1.93. The maximum Gasteiger partial charge on any atom is 0.228 e. The van der Waals surface area contributed by atoms with E-state index in [0.29, 0.717) is 12.5 Å². The first kappa shape index (κ1) is 11.1. The lowest BCUT2D eigenvalue weighted by Gasteiger charge is -2.31. The molecule has 0 radical (unpaired) electrons. The number of pyridine rings is 1. The van der Waals surface area contributed by atoms with Gasteiger partial charge in [-0.3, -0.25) is 9.78 Å². The average Bonchev–Trinajstić information content (AvgIpc) is 2.30. The van der Waals surface area contributed by atoms with Crippen LogP contribution in [-0.4, -0.2) is 41.5 Å². The van der Waals surface area contributed by atoms with E-state index in [0.717, 1.165) is 25.3 Å². The van der Waals surface area contributed by atoms with E-state index in [1.807, 2.05) is 23.1 Å². The van der Waals surface area contributed by atoms with Crippen molar-refractivity contribution in [2.24, 2.45) is 0 Å². The maximum atomic E-state index is 12.0. The lowest BCUT2D eigenvalue weighted by atomic mass is 10.2. The second-order valence-corrected chi connectivity index (χ2v) is 4.19. The fraction of sp³-hybridized carbons (Fsp3) is 0.500. The standard InChI is InChI=1S/C12H17N3O/c1-10-9-15(7-6-13-10)12(16)8-11-4-2-3-5-14-11/h2-5,10,13H,6-9H2,1H3/t10-/m1/s1. The quantitative estimate of drug-likeness (QED) is 0.785. The number of rotatable bonds is 2. The van der Waals surface area contributed by atoms with Crippen LogP contribution in [-0.2, 0) is 11.2 Å². The molecule has 0 spiro atoms. The van der Waals surface area contributed by atoms with Crippen LogP contribution in [0, 0.1) is 0 Å². The molecule has 0 bridgehead atoms. The number of carbonyl (C=O) groups is 1. The smallest absolute Gasteiger partial charge is 0.228 e. The van der Waals surface area contributed by atoms with E-state index < -0.39 is 0 Å². The molecular formula is C12H17N3O. The molecule has 1 aromatic rings. The van der Waals surface area contributed by atoms with Crippen LogP contribution >= 0.6 is 0 Å². The summed E-state index contributed by atoms with van der Waals surface area (Å²) in [6, 6.07) is 6.06. The number of nitrogens with one attached hydrogen (secondary N) is 1. The van der Waals surface area contributed by atoms with Crippen molar-refractivity contribution in [1.29, 1.82) is 0 Å². The molecule has 0 aromatic carbocycles. The van der Waals surface area contributed by atoms with E-state index in [2.05, 4.69) is 17.2 Å². The molecule has 0 saturated carbocycles. The number of carbonyl (C=O) groups excluding carboxylic acids is 1. The predicted octanol–water partition coefficient (Wildman–Crippen LogP) is 0.444.